The normalized spacial score (nSPS) is 33.9. The molecule has 1 aromatic carbocycles. The van der Waals surface area contributed by atoms with Crippen molar-refractivity contribution >= 4 is 0 Å². The molecule has 0 spiro atoms. The summed E-state index contributed by atoms with van der Waals surface area (Å²) in [7, 11) is 0. The van der Waals surface area contributed by atoms with Gasteiger partial charge in [-0.25, -0.2) is 0 Å². The molecule has 1 saturated carbocycles. The number of halogens is 3. The summed E-state index contributed by atoms with van der Waals surface area (Å²) in [5.41, 5.74) is -0.132. The predicted octanol–water partition coefficient (Wildman–Crippen LogP) is 2.75. The molecule has 4 rings (SSSR count). The number of rotatable bonds is 2. The molecule has 19 heavy (non-hydrogen) atoms. The highest BCUT2D eigenvalue weighted by atomic mass is 19.4. The highest BCUT2D eigenvalue weighted by Gasteiger charge is 2.58. The van der Waals surface area contributed by atoms with Gasteiger partial charge in [-0.2, -0.15) is 13.2 Å². The van der Waals surface area contributed by atoms with Crippen LogP contribution in [-0.4, -0.2) is 24.9 Å². The Kier molecular flexibility index (Phi) is 2.70. The van der Waals surface area contributed by atoms with E-state index in [-0.39, 0.29) is 17.4 Å². The molecule has 2 aliphatic heterocycles. The molecule has 2 bridgehead atoms. The Morgan fingerprint density at radius 3 is 2.26 bits per heavy atom. The Hall–Kier alpha value is -1.07. The monoisotopic (exact) mass is 272 g/mol. The first-order valence-corrected chi connectivity index (χ1v) is 6.26. The van der Waals surface area contributed by atoms with Gasteiger partial charge in [0.1, 0.15) is 0 Å². The van der Waals surface area contributed by atoms with Crippen molar-refractivity contribution in [3.05, 3.63) is 35.4 Å². The quantitative estimate of drug-likeness (QED) is 0.897. The van der Waals surface area contributed by atoms with Crippen molar-refractivity contribution in [1.29, 1.82) is 0 Å². The van der Waals surface area contributed by atoms with E-state index in [1.54, 1.807) is 12.1 Å². The lowest BCUT2D eigenvalue weighted by atomic mass is 9.50. The van der Waals surface area contributed by atoms with Crippen LogP contribution in [0.2, 0.25) is 0 Å². The predicted molar refractivity (Wildman–Crippen MR) is 62.7 cm³/mol. The molecular formula is C14H15F3O2. The minimum Gasteiger partial charge on any atom is -0.396 e. The topological polar surface area (TPSA) is 29.5 Å². The molecule has 0 atom stereocenters. The standard InChI is InChI=1S/C14H15F3O2/c15-14(16,17)11-3-1-10(2-4-11)13-5-12(6-13,7-18)8-19-9-13/h1-4,18H,5-9H2. The van der Waals surface area contributed by atoms with E-state index in [0.717, 1.165) is 30.5 Å². The molecule has 104 valence electrons. The number of hydrogen-bond donors (Lipinski definition) is 1. The summed E-state index contributed by atoms with van der Waals surface area (Å²) in [5.74, 6) is 0. The summed E-state index contributed by atoms with van der Waals surface area (Å²) in [6.45, 7) is 1.15. The summed E-state index contributed by atoms with van der Waals surface area (Å²) >= 11 is 0. The first-order valence-electron chi connectivity index (χ1n) is 6.26. The van der Waals surface area contributed by atoms with Gasteiger partial charge in [0.2, 0.25) is 0 Å². The number of alkyl halides is 3. The van der Waals surface area contributed by atoms with Gasteiger partial charge in [-0.15, -0.1) is 0 Å². The second kappa shape index (κ2) is 3.96. The van der Waals surface area contributed by atoms with Gasteiger partial charge >= 0.3 is 6.18 Å². The third kappa shape index (κ3) is 1.96. The van der Waals surface area contributed by atoms with Crippen molar-refractivity contribution in [2.45, 2.75) is 24.4 Å². The minimum atomic E-state index is -4.30. The molecule has 1 N–H and O–H groups in total. The number of fused-ring (bicyclic) bond motifs is 2. The zero-order chi connectivity index (χ0) is 13.7. The second-order valence-electron chi connectivity index (χ2n) is 5.86. The van der Waals surface area contributed by atoms with E-state index in [4.69, 9.17) is 4.74 Å². The molecule has 1 aliphatic carbocycles. The van der Waals surface area contributed by atoms with Crippen molar-refractivity contribution in [1.82, 2.24) is 0 Å². The van der Waals surface area contributed by atoms with Crippen molar-refractivity contribution in [3.8, 4) is 0 Å². The Bertz CT molecular complexity index is 472. The SMILES string of the molecule is OCC12COCC(c3ccc(C(F)(F)F)cc3)(C1)C2. The van der Waals surface area contributed by atoms with E-state index in [0.29, 0.717) is 13.2 Å². The lowest BCUT2D eigenvalue weighted by Gasteiger charge is -2.59. The third-order valence-corrected chi connectivity index (χ3v) is 4.37. The van der Waals surface area contributed by atoms with Gasteiger partial charge in [0.05, 0.1) is 25.4 Å². The Morgan fingerprint density at radius 2 is 1.74 bits per heavy atom. The lowest BCUT2D eigenvalue weighted by Crippen LogP contribution is -2.60. The van der Waals surface area contributed by atoms with E-state index in [9.17, 15) is 18.3 Å². The van der Waals surface area contributed by atoms with E-state index < -0.39 is 11.7 Å². The molecule has 0 aromatic heterocycles. The molecule has 0 amide bonds. The van der Waals surface area contributed by atoms with Crippen LogP contribution in [0.1, 0.15) is 24.0 Å². The lowest BCUT2D eigenvalue weighted by molar-refractivity contribution is -0.170. The van der Waals surface area contributed by atoms with E-state index in [1.807, 2.05) is 0 Å². The molecular weight excluding hydrogens is 257 g/mol. The van der Waals surface area contributed by atoms with Crippen molar-refractivity contribution in [3.63, 3.8) is 0 Å². The maximum atomic E-state index is 12.5. The van der Waals surface area contributed by atoms with E-state index >= 15 is 0 Å². The van der Waals surface area contributed by atoms with Crippen molar-refractivity contribution in [2.24, 2.45) is 5.41 Å². The largest absolute Gasteiger partial charge is 0.416 e. The molecule has 0 unspecified atom stereocenters. The number of aliphatic hydroxyl groups excluding tert-OH is 1. The van der Waals surface area contributed by atoms with Gasteiger partial charge in [0, 0.05) is 10.8 Å². The summed E-state index contributed by atoms with van der Waals surface area (Å²) in [6, 6.07) is 5.33. The molecule has 2 saturated heterocycles. The highest BCUT2D eigenvalue weighted by molar-refractivity contribution is 5.35. The Labute approximate surface area is 109 Å². The molecule has 3 fully saturated rings. The van der Waals surface area contributed by atoms with Crippen LogP contribution in [0.5, 0.6) is 0 Å². The fourth-order valence-electron chi connectivity index (χ4n) is 3.51. The molecule has 5 heteroatoms. The van der Waals surface area contributed by atoms with Crippen molar-refractivity contribution < 1.29 is 23.0 Å². The fourth-order valence-corrected chi connectivity index (χ4v) is 3.51. The van der Waals surface area contributed by atoms with Gasteiger partial charge in [-0.3, -0.25) is 0 Å². The maximum absolute atomic E-state index is 12.5. The van der Waals surface area contributed by atoms with Crippen LogP contribution in [-0.2, 0) is 16.3 Å². The van der Waals surface area contributed by atoms with Gasteiger partial charge in [-0.1, -0.05) is 12.1 Å². The molecule has 3 aliphatic rings. The minimum absolute atomic E-state index is 0.0788. The summed E-state index contributed by atoms with van der Waals surface area (Å²) in [6.07, 6.45) is -2.71. The number of hydrogen-bond acceptors (Lipinski definition) is 2. The molecule has 0 radical (unpaired) electrons. The van der Waals surface area contributed by atoms with Gasteiger partial charge in [0.15, 0.2) is 0 Å². The number of ether oxygens (including phenoxy) is 1. The smallest absolute Gasteiger partial charge is 0.396 e. The highest BCUT2D eigenvalue weighted by Crippen LogP contribution is 2.58. The number of benzene rings is 1. The van der Waals surface area contributed by atoms with Crippen LogP contribution in [0, 0.1) is 5.41 Å². The summed E-state index contributed by atoms with van der Waals surface area (Å²) in [5, 5.41) is 9.37. The third-order valence-electron chi connectivity index (χ3n) is 4.37. The second-order valence-corrected chi connectivity index (χ2v) is 5.86. The van der Waals surface area contributed by atoms with Crippen LogP contribution in [0.15, 0.2) is 24.3 Å². The average molecular weight is 272 g/mol. The fraction of sp³-hybridized carbons (Fsp3) is 0.571. The van der Waals surface area contributed by atoms with Gasteiger partial charge in [0.25, 0.3) is 0 Å². The Morgan fingerprint density at radius 1 is 1.11 bits per heavy atom. The van der Waals surface area contributed by atoms with E-state index in [2.05, 4.69) is 0 Å². The van der Waals surface area contributed by atoms with E-state index in [1.165, 1.54) is 0 Å². The summed E-state index contributed by atoms with van der Waals surface area (Å²) < 4.78 is 43.1. The first-order chi connectivity index (χ1) is 8.89. The zero-order valence-electron chi connectivity index (χ0n) is 10.3. The summed E-state index contributed by atoms with van der Waals surface area (Å²) in [4.78, 5) is 0. The van der Waals surface area contributed by atoms with Crippen LogP contribution in [0.25, 0.3) is 0 Å². The zero-order valence-corrected chi connectivity index (χ0v) is 10.3. The van der Waals surface area contributed by atoms with Gasteiger partial charge in [-0.05, 0) is 30.5 Å². The Balaban J connectivity index is 1.84. The van der Waals surface area contributed by atoms with Crippen LogP contribution >= 0.6 is 0 Å². The van der Waals surface area contributed by atoms with Crippen LogP contribution in [0.4, 0.5) is 13.2 Å². The van der Waals surface area contributed by atoms with Crippen LogP contribution in [0.3, 0.4) is 0 Å². The molecule has 2 nitrogen and oxygen atoms in total. The first kappa shape index (κ1) is 12.9. The van der Waals surface area contributed by atoms with Crippen LogP contribution < -0.4 is 0 Å². The maximum Gasteiger partial charge on any atom is 0.416 e. The average Bonchev–Trinajstić information content (AvgIpc) is 2.37. The molecule has 2 heterocycles. The molecule has 1 aromatic rings. The van der Waals surface area contributed by atoms with Crippen molar-refractivity contribution in [2.75, 3.05) is 19.8 Å². The van der Waals surface area contributed by atoms with Gasteiger partial charge < -0.3 is 9.84 Å². The number of aliphatic hydroxyl groups is 1.